The smallest absolute Gasteiger partial charge is 0.335 e. The van der Waals surface area contributed by atoms with Crippen molar-refractivity contribution >= 4 is 11.9 Å². The number of carboxylic acids is 1. The fourth-order valence-corrected chi connectivity index (χ4v) is 3.65. The summed E-state index contributed by atoms with van der Waals surface area (Å²) in [6, 6.07) is 6.98. The number of hydrogen-bond donors (Lipinski definition) is 1. The van der Waals surface area contributed by atoms with E-state index in [1.165, 1.54) is 6.92 Å². The first-order chi connectivity index (χ1) is 10.5. The van der Waals surface area contributed by atoms with Crippen molar-refractivity contribution in [2.45, 2.75) is 38.4 Å². The third-order valence-corrected chi connectivity index (χ3v) is 4.74. The Hall–Kier alpha value is -1.88. The quantitative estimate of drug-likeness (QED) is 0.845. The number of rotatable bonds is 5. The van der Waals surface area contributed by atoms with Crippen LogP contribution in [-0.2, 0) is 20.7 Å². The Bertz CT molecular complexity index is 565. The van der Waals surface area contributed by atoms with Crippen LogP contribution >= 0.6 is 0 Å². The lowest BCUT2D eigenvalue weighted by Gasteiger charge is -2.27. The predicted octanol–water partition coefficient (Wildman–Crippen LogP) is 2.28. The molecule has 0 spiro atoms. The number of ether oxygens (including phenoxy) is 2. The second-order valence-electron chi connectivity index (χ2n) is 6.13. The van der Waals surface area contributed by atoms with Gasteiger partial charge in [0.15, 0.2) is 0 Å². The number of esters is 1. The fraction of sp³-hybridized carbons (Fsp3) is 0.529. The molecule has 1 aromatic rings. The highest BCUT2D eigenvalue weighted by molar-refractivity contribution is 5.87. The molecule has 1 aromatic carbocycles. The molecule has 2 aliphatic heterocycles. The minimum Gasteiger partial charge on any atom is -0.478 e. The molecule has 0 amide bonds. The van der Waals surface area contributed by atoms with Crippen molar-refractivity contribution in [2.75, 3.05) is 6.61 Å². The minimum absolute atomic E-state index is 0.188. The molecule has 4 atom stereocenters. The molecule has 22 heavy (non-hydrogen) atoms. The molecule has 0 aliphatic carbocycles. The molecule has 2 fully saturated rings. The van der Waals surface area contributed by atoms with Crippen LogP contribution in [0.2, 0.25) is 0 Å². The Morgan fingerprint density at radius 2 is 1.82 bits per heavy atom. The number of aromatic carboxylic acids is 1. The topological polar surface area (TPSA) is 72.8 Å². The second-order valence-corrected chi connectivity index (χ2v) is 6.13. The van der Waals surface area contributed by atoms with Gasteiger partial charge in [0.2, 0.25) is 0 Å². The van der Waals surface area contributed by atoms with Crippen molar-refractivity contribution < 1.29 is 24.2 Å². The van der Waals surface area contributed by atoms with E-state index in [0.29, 0.717) is 18.1 Å². The normalized spacial score (nSPS) is 29.5. The van der Waals surface area contributed by atoms with Crippen LogP contribution in [0.5, 0.6) is 0 Å². The fourth-order valence-electron chi connectivity index (χ4n) is 3.65. The highest BCUT2D eigenvalue weighted by Gasteiger charge is 2.48. The summed E-state index contributed by atoms with van der Waals surface area (Å²) >= 11 is 0. The number of fused-ring (bicyclic) bond motifs is 2. The molecule has 0 unspecified atom stereocenters. The van der Waals surface area contributed by atoms with E-state index in [4.69, 9.17) is 14.6 Å². The van der Waals surface area contributed by atoms with Crippen molar-refractivity contribution in [2.24, 2.45) is 11.8 Å². The first kappa shape index (κ1) is 15.0. The zero-order valence-corrected chi connectivity index (χ0v) is 12.5. The standard InChI is InChI=1S/C17H20O5/c1-10(18)21-9-14-13(15-6-7-16(14)22-15)8-11-2-4-12(5-3-11)17(19)20/h2-5,13-16H,6-9H2,1H3,(H,19,20)/t13-,14+,15-,16+/m1/s1. The summed E-state index contributed by atoms with van der Waals surface area (Å²) in [6.07, 6.45) is 3.33. The summed E-state index contributed by atoms with van der Waals surface area (Å²) in [5, 5.41) is 8.94. The molecule has 5 heteroatoms. The molecule has 2 heterocycles. The summed E-state index contributed by atoms with van der Waals surface area (Å²) in [5.74, 6) is -0.606. The van der Waals surface area contributed by atoms with E-state index in [9.17, 15) is 9.59 Å². The van der Waals surface area contributed by atoms with E-state index in [0.717, 1.165) is 24.8 Å². The molecule has 118 valence electrons. The van der Waals surface area contributed by atoms with Gasteiger partial charge in [-0.15, -0.1) is 0 Å². The van der Waals surface area contributed by atoms with Crippen LogP contribution in [0, 0.1) is 11.8 Å². The van der Waals surface area contributed by atoms with Gasteiger partial charge in [-0.25, -0.2) is 4.79 Å². The van der Waals surface area contributed by atoms with E-state index in [1.54, 1.807) is 12.1 Å². The number of benzene rings is 1. The Morgan fingerprint density at radius 3 is 2.41 bits per heavy atom. The van der Waals surface area contributed by atoms with Gasteiger partial charge < -0.3 is 14.6 Å². The van der Waals surface area contributed by atoms with Crippen molar-refractivity contribution in [3.63, 3.8) is 0 Å². The minimum atomic E-state index is -0.914. The van der Waals surface area contributed by atoms with Crippen LogP contribution in [0.25, 0.3) is 0 Å². The lowest BCUT2D eigenvalue weighted by atomic mass is 9.76. The molecule has 3 rings (SSSR count). The van der Waals surface area contributed by atoms with Crippen LogP contribution in [-0.4, -0.2) is 35.9 Å². The first-order valence-corrected chi connectivity index (χ1v) is 7.65. The lowest BCUT2D eigenvalue weighted by Crippen LogP contribution is -2.32. The summed E-state index contributed by atoms with van der Waals surface area (Å²) in [4.78, 5) is 21.9. The summed E-state index contributed by atoms with van der Waals surface area (Å²) in [5.41, 5.74) is 1.39. The van der Waals surface area contributed by atoms with Gasteiger partial charge in [0.05, 0.1) is 24.4 Å². The van der Waals surface area contributed by atoms with Crippen LogP contribution in [0.1, 0.15) is 35.7 Å². The maximum atomic E-state index is 11.1. The number of carbonyl (C=O) groups is 2. The molecule has 2 saturated heterocycles. The maximum Gasteiger partial charge on any atom is 0.335 e. The van der Waals surface area contributed by atoms with Crippen molar-refractivity contribution in [3.05, 3.63) is 35.4 Å². The molecule has 5 nitrogen and oxygen atoms in total. The Morgan fingerprint density at radius 1 is 1.18 bits per heavy atom. The Balaban J connectivity index is 1.69. The van der Waals surface area contributed by atoms with Gasteiger partial charge in [0.25, 0.3) is 0 Å². The SMILES string of the molecule is CC(=O)OC[C@H]1[C@@H](Cc2ccc(C(=O)O)cc2)[C@H]2CC[C@@H]1O2. The van der Waals surface area contributed by atoms with Crippen LogP contribution in [0.4, 0.5) is 0 Å². The molecule has 0 radical (unpaired) electrons. The third kappa shape index (κ3) is 2.99. The summed E-state index contributed by atoms with van der Waals surface area (Å²) in [6.45, 7) is 1.84. The summed E-state index contributed by atoms with van der Waals surface area (Å²) < 4.78 is 11.2. The van der Waals surface area contributed by atoms with Crippen LogP contribution in [0.3, 0.4) is 0 Å². The first-order valence-electron chi connectivity index (χ1n) is 7.65. The molecular weight excluding hydrogens is 284 g/mol. The highest BCUT2D eigenvalue weighted by atomic mass is 16.5. The predicted molar refractivity (Wildman–Crippen MR) is 78.6 cm³/mol. The van der Waals surface area contributed by atoms with Gasteiger partial charge in [-0.1, -0.05) is 12.1 Å². The monoisotopic (exact) mass is 304 g/mol. The third-order valence-electron chi connectivity index (χ3n) is 4.74. The molecule has 0 aromatic heterocycles. The zero-order valence-electron chi connectivity index (χ0n) is 12.5. The number of hydrogen-bond acceptors (Lipinski definition) is 4. The van der Waals surface area contributed by atoms with E-state index in [2.05, 4.69) is 0 Å². The van der Waals surface area contributed by atoms with Crippen LogP contribution in [0.15, 0.2) is 24.3 Å². The van der Waals surface area contributed by atoms with Gasteiger partial charge in [0.1, 0.15) is 0 Å². The van der Waals surface area contributed by atoms with Crippen molar-refractivity contribution in [1.82, 2.24) is 0 Å². The van der Waals surface area contributed by atoms with E-state index < -0.39 is 5.97 Å². The van der Waals surface area contributed by atoms with Gasteiger partial charge in [-0.2, -0.15) is 0 Å². The van der Waals surface area contributed by atoms with Gasteiger partial charge in [-0.3, -0.25) is 4.79 Å². The highest BCUT2D eigenvalue weighted by Crippen LogP contribution is 2.45. The summed E-state index contributed by atoms with van der Waals surface area (Å²) in [7, 11) is 0. The molecule has 0 saturated carbocycles. The van der Waals surface area contributed by atoms with E-state index in [1.807, 2.05) is 12.1 Å². The van der Waals surface area contributed by atoms with Crippen LogP contribution < -0.4 is 0 Å². The number of carbonyl (C=O) groups excluding carboxylic acids is 1. The van der Waals surface area contributed by atoms with Crippen molar-refractivity contribution in [3.8, 4) is 0 Å². The van der Waals surface area contributed by atoms with Crippen molar-refractivity contribution in [1.29, 1.82) is 0 Å². The van der Waals surface area contributed by atoms with Gasteiger partial charge in [0, 0.05) is 12.8 Å². The van der Waals surface area contributed by atoms with E-state index in [-0.39, 0.29) is 24.1 Å². The molecule has 1 N–H and O–H groups in total. The van der Waals surface area contributed by atoms with E-state index >= 15 is 0 Å². The molecule has 2 bridgehead atoms. The van der Waals surface area contributed by atoms with Gasteiger partial charge >= 0.3 is 11.9 Å². The molecule has 2 aliphatic rings. The molecular formula is C17H20O5. The lowest BCUT2D eigenvalue weighted by molar-refractivity contribution is -0.143. The Labute approximate surface area is 129 Å². The van der Waals surface area contributed by atoms with Gasteiger partial charge in [-0.05, 0) is 42.9 Å². The largest absolute Gasteiger partial charge is 0.478 e. The average molecular weight is 304 g/mol. The maximum absolute atomic E-state index is 11.1. The second kappa shape index (κ2) is 6.08. The number of carboxylic acid groups (broad SMARTS) is 1. The Kier molecular flexibility index (Phi) is 4.16. The zero-order chi connectivity index (χ0) is 15.7. The average Bonchev–Trinajstić information content (AvgIpc) is 3.07.